The molecule has 108 valence electrons. The van der Waals surface area contributed by atoms with Gasteiger partial charge in [0, 0.05) is 11.3 Å². The van der Waals surface area contributed by atoms with Gasteiger partial charge < -0.3 is 4.52 Å². The largest absolute Gasteiger partial charge is 0.338 e. The number of amides is 1. The summed E-state index contributed by atoms with van der Waals surface area (Å²) < 4.78 is 5.13. The second-order valence-corrected chi connectivity index (χ2v) is 5.27. The van der Waals surface area contributed by atoms with Gasteiger partial charge in [-0.25, -0.2) is 0 Å². The average molecular weight is 276 g/mol. The zero-order valence-electron chi connectivity index (χ0n) is 12.3. The van der Waals surface area contributed by atoms with Crippen molar-refractivity contribution in [3.63, 3.8) is 0 Å². The molecule has 0 aliphatic rings. The Morgan fingerprint density at radius 3 is 2.85 bits per heavy atom. The van der Waals surface area contributed by atoms with Crippen LogP contribution in [0.3, 0.4) is 0 Å². The van der Waals surface area contributed by atoms with Crippen LogP contribution in [0.1, 0.15) is 48.2 Å². The molecule has 0 unspecified atom stereocenters. The lowest BCUT2D eigenvalue weighted by atomic mass is 10.1. The molecular formula is C14H20N4O2. The van der Waals surface area contributed by atoms with Gasteiger partial charge in [-0.2, -0.15) is 5.10 Å². The van der Waals surface area contributed by atoms with E-state index < -0.39 is 0 Å². The Balaban J connectivity index is 2.07. The van der Waals surface area contributed by atoms with Gasteiger partial charge in [-0.1, -0.05) is 25.9 Å². The maximum Gasteiger partial charge on any atom is 0.278 e. The van der Waals surface area contributed by atoms with Gasteiger partial charge in [-0.15, -0.1) is 0 Å². The van der Waals surface area contributed by atoms with Crippen molar-refractivity contribution in [3.8, 4) is 0 Å². The highest BCUT2D eigenvalue weighted by Crippen LogP contribution is 2.19. The number of aromatic nitrogens is 3. The molecule has 2 heterocycles. The highest BCUT2D eigenvalue weighted by atomic mass is 16.5. The molecule has 0 saturated heterocycles. The molecule has 0 fully saturated rings. The summed E-state index contributed by atoms with van der Waals surface area (Å²) in [7, 11) is 0. The van der Waals surface area contributed by atoms with Crippen LogP contribution in [-0.2, 0) is 12.8 Å². The predicted octanol–water partition coefficient (Wildman–Crippen LogP) is 2.72. The van der Waals surface area contributed by atoms with E-state index in [9.17, 15) is 4.79 Å². The van der Waals surface area contributed by atoms with Crippen LogP contribution in [0.5, 0.6) is 0 Å². The lowest BCUT2D eigenvalue weighted by Crippen LogP contribution is -2.12. The van der Waals surface area contributed by atoms with Gasteiger partial charge in [0.25, 0.3) is 5.91 Å². The molecule has 0 bridgehead atoms. The number of hydrogen-bond acceptors (Lipinski definition) is 4. The molecule has 1 amide bonds. The van der Waals surface area contributed by atoms with Gasteiger partial charge in [0.05, 0.1) is 5.69 Å². The van der Waals surface area contributed by atoms with E-state index in [1.807, 2.05) is 13.8 Å². The summed E-state index contributed by atoms with van der Waals surface area (Å²) >= 11 is 0. The summed E-state index contributed by atoms with van der Waals surface area (Å²) in [6, 6.07) is 1.77. The van der Waals surface area contributed by atoms with Crippen molar-refractivity contribution >= 4 is 11.8 Å². The third kappa shape index (κ3) is 3.07. The molecule has 0 aromatic carbocycles. The molecule has 0 aliphatic heterocycles. The van der Waals surface area contributed by atoms with Crippen LogP contribution >= 0.6 is 0 Å². The number of nitrogens with zero attached hydrogens (tertiary/aromatic N) is 2. The van der Waals surface area contributed by atoms with Crippen molar-refractivity contribution in [3.05, 3.63) is 28.7 Å². The van der Waals surface area contributed by atoms with Gasteiger partial charge >= 0.3 is 0 Å². The van der Waals surface area contributed by atoms with Crippen LogP contribution in [0.2, 0.25) is 0 Å². The number of carbonyl (C=O) groups is 1. The highest BCUT2D eigenvalue weighted by Gasteiger charge is 2.16. The molecule has 2 aromatic rings. The monoisotopic (exact) mass is 276 g/mol. The normalized spacial score (nSPS) is 11.1. The van der Waals surface area contributed by atoms with E-state index in [0.717, 1.165) is 29.8 Å². The Morgan fingerprint density at radius 2 is 2.25 bits per heavy atom. The standard InChI is InChI=1S/C14H20N4O2/c1-5-11-9(4)14(20-18-11)15-13(19)12-7-10(16-17-12)6-8(2)3/h7-8H,5-6H2,1-4H3,(H,15,19)(H,16,17). The number of aromatic amines is 1. The molecule has 0 radical (unpaired) electrons. The zero-order valence-corrected chi connectivity index (χ0v) is 12.3. The highest BCUT2D eigenvalue weighted by molar-refractivity contribution is 6.02. The number of carbonyl (C=O) groups excluding carboxylic acids is 1. The molecular weight excluding hydrogens is 256 g/mol. The van der Waals surface area contributed by atoms with E-state index >= 15 is 0 Å². The van der Waals surface area contributed by atoms with Gasteiger partial charge in [0.15, 0.2) is 5.69 Å². The molecule has 2 aromatic heterocycles. The molecule has 2 N–H and O–H groups in total. The minimum absolute atomic E-state index is 0.293. The number of aryl methyl sites for hydroxylation is 1. The third-order valence-electron chi connectivity index (χ3n) is 3.07. The minimum atomic E-state index is -0.293. The molecule has 20 heavy (non-hydrogen) atoms. The lowest BCUT2D eigenvalue weighted by molar-refractivity contribution is 0.101. The summed E-state index contributed by atoms with van der Waals surface area (Å²) in [4.78, 5) is 12.1. The van der Waals surface area contributed by atoms with Gasteiger partial charge in [-0.3, -0.25) is 15.2 Å². The van der Waals surface area contributed by atoms with E-state index in [0.29, 0.717) is 17.5 Å². The summed E-state index contributed by atoms with van der Waals surface area (Å²) in [6.45, 7) is 8.09. The Hall–Kier alpha value is -2.11. The van der Waals surface area contributed by atoms with E-state index in [2.05, 4.69) is 34.5 Å². The maximum absolute atomic E-state index is 12.1. The fraction of sp³-hybridized carbons (Fsp3) is 0.500. The topological polar surface area (TPSA) is 83.8 Å². The van der Waals surface area contributed by atoms with Crippen molar-refractivity contribution in [2.45, 2.75) is 40.5 Å². The third-order valence-corrected chi connectivity index (χ3v) is 3.07. The Kier molecular flexibility index (Phi) is 4.22. The van der Waals surface area contributed by atoms with Crippen molar-refractivity contribution in [2.75, 3.05) is 5.32 Å². The Labute approximate surface area is 117 Å². The van der Waals surface area contributed by atoms with Crippen molar-refractivity contribution in [1.29, 1.82) is 0 Å². The fourth-order valence-corrected chi connectivity index (χ4v) is 2.00. The first-order valence-electron chi connectivity index (χ1n) is 6.82. The maximum atomic E-state index is 12.1. The molecule has 0 spiro atoms. The second-order valence-electron chi connectivity index (χ2n) is 5.27. The van der Waals surface area contributed by atoms with Crippen LogP contribution in [0.25, 0.3) is 0 Å². The first kappa shape index (κ1) is 14.3. The predicted molar refractivity (Wildman–Crippen MR) is 75.7 cm³/mol. The molecule has 6 nitrogen and oxygen atoms in total. The number of hydrogen-bond donors (Lipinski definition) is 2. The Bertz CT molecular complexity index is 598. The first-order chi connectivity index (χ1) is 9.51. The fourth-order valence-electron chi connectivity index (χ4n) is 2.00. The van der Waals surface area contributed by atoms with Gasteiger partial charge in [0.2, 0.25) is 5.88 Å². The average Bonchev–Trinajstić information content (AvgIpc) is 2.97. The number of H-pyrrole nitrogens is 1. The molecule has 0 aliphatic carbocycles. The lowest BCUT2D eigenvalue weighted by Gasteiger charge is -1.99. The molecule has 6 heteroatoms. The van der Waals surface area contributed by atoms with Gasteiger partial charge in [0.1, 0.15) is 0 Å². The van der Waals surface area contributed by atoms with E-state index in [1.165, 1.54) is 0 Å². The van der Waals surface area contributed by atoms with Crippen LogP contribution in [0.4, 0.5) is 5.88 Å². The van der Waals surface area contributed by atoms with Crippen molar-refractivity contribution in [1.82, 2.24) is 15.4 Å². The summed E-state index contributed by atoms with van der Waals surface area (Å²) in [5.74, 6) is 0.605. The molecule has 0 atom stereocenters. The second kappa shape index (κ2) is 5.90. The number of rotatable bonds is 5. The molecule has 0 saturated carbocycles. The number of anilines is 1. The summed E-state index contributed by atoms with van der Waals surface area (Å²) in [5, 5.41) is 13.5. The Morgan fingerprint density at radius 1 is 1.50 bits per heavy atom. The van der Waals surface area contributed by atoms with Crippen LogP contribution in [0, 0.1) is 12.8 Å². The van der Waals surface area contributed by atoms with E-state index in [4.69, 9.17) is 4.52 Å². The van der Waals surface area contributed by atoms with E-state index in [-0.39, 0.29) is 5.91 Å². The number of nitrogens with one attached hydrogen (secondary N) is 2. The minimum Gasteiger partial charge on any atom is -0.338 e. The zero-order chi connectivity index (χ0) is 14.7. The smallest absolute Gasteiger partial charge is 0.278 e. The van der Waals surface area contributed by atoms with Crippen molar-refractivity contribution in [2.24, 2.45) is 5.92 Å². The van der Waals surface area contributed by atoms with Crippen LogP contribution < -0.4 is 5.32 Å². The summed E-state index contributed by atoms with van der Waals surface area (Å²) in [5.41, 5.74) is 3.02. The SMILES string of the molecule is CCc1noc(NC(=O)c2cc(CC(C)C)[nH]n2)c1C. The van der Waals surface area contributed by atoms with E-state index in [1.54, 1.807) is 6.07 Å². The molecule has 2 rings (SSSR count). The van der Waals surface area contributed by atoms with Crippen LogP contribution in [0.15, 0.2) is 10.6 Å². The summed E-state index contributed by atoms with van der Waals surface area (Å²) in [6.07, 6.45) is 1.63. The van der Waals surface area contributed by atoms with Gasteiger partial charge in [-0.05, 0) is 31.7 Å². The quantitative estimate of drug-likeness (QED) is 0.879. The van der Waals surface area contributed by atoms with Crippen molar-refractivity contribution < 1.29 is 9.32 Å². The first-order valence-corrected chi connectivity index (χ1v) is 6.82. The van der Waals surface area contributed by atoms with Crippen LogP contribution in [-0.4, -0.2) is 21.3 Å².